The maximum Gasteiger partial charge on any atom is 0.416 e. The van der Waals surface area contributed by atoms with Crippen LogP contribution >= 0.6 is 0 Å². The topological polar surface area (TPSA) is 107 Å². The highest BCUT2D eigenvalue weighted by Crippen LogP contribution is 2.38. The van der Waals surface area contributed by atoms with E-state index in [-0.39, 0.29) is 17.9 Å². The minimum atomic E-state index is -4.68. The van der Waals surface area contributed by atoms with Crippen LogP contribution in [0, 0.1) is 0 Å². The summed E-state index contributed by atoms with van der Waals surface area (Å²) in [6.45, 7) is 1.16. The first-order valence-corrected chi connectivity index (χ1v) is 10.9. The molecule has 1 fully saturated rings. The van der Waals surface area contributed by atoms with Gasteiger partial charge in [-0.05, 0) is 19.9 Å². The number of nitrogens with one attached hydrogen (secondary N) is 1. The monoisotopic (exact) mass is 522 g/mol. The molecule has 2 amide bonds. The number of urea groups is 1. The van der Waals surface area contributed by atoms with E-state index in [9.17, 15) is 31.1 Å². The van der Waals surface area contributed by atoms with E-state index in [1.807, 2.05) is 5.32 Å². The van der Waals surface area contributed by atoms with E-state index in [0.717, 1.165) is 18.7 Å². The molecule has 1 unspecified atom stereocenters. The van der Waals surface area contributed by atoms with Gasteiger partial charge in [-0.1, -0.05) is 0 Å². The summed E-state index contributed by atoms with van der Waals surface area (Å²) < 4.78 is 91.3. The van der Waals surface area contributed by atoms with Crippen LogP contribution in [0.3, 0.4) is 0 Å². The SMILES string of the molecule is BC1(B)C(C(F)(F)F)NC(=O)N1[C@H](COC)c1cnn2cc([C@@H](N)COC(C)(C)C(F)(F)F)nc2c1. The van der Waals surface area contributed by atoms with Crippen LogP contribution in [0.25, 0.3) is 5.65 Å². The number of halogens is 6. The molecule has 0 aromatic carbocycles. The summed E-state index contributed by atoms with van der Waals surface area (Å²) in [5, 5.41) is 4.52. The minimum absolute atomic E-state index is 0.132. The first-order chi connectivity index (χ1) is 16.4. The Hall–Kier alpha value is -2.52. The Morgan fingerprint density at radius 3 is 2.39 bits per heavy atom. The van der Waals surface area contributed by atoms with Crippen molar-refractivity contribution in [1.82, 2.24) is 24.8 Å². The molecule has 2 aromatic heterocycles. The average Bonchev–Trinajstić information content (AvgIpc) is 3.27. The maximum atomic E-state index is 13.6. The predicted octanol–water partition coefficient (Wildman–Crippen LogP) is 0.650. The van der Waals surface area contributed by atoms with E-state index in [1.165, 1.54) is 45.8 Å². The Morgan fingerprint density at radius 2 is 1.86 bits per heavy atom. The van der Waals surface area contributed by atoms with Crippen molar-refractivity contribution in [2.24, 2.45) is 5.73 Å². The van der Waals surface area contributed by atoms with E-state index in [1.54, 1.807) is 0 Å². The number of hydrogen-bond acceptors (Lipinski definition) is 6. The van der Waals surface area contributed by atoms with E-state index < -0.39 is 54.1 Å². The molecule has 3 N–H and O–H groups in total. The van der Waals surface area contributed by atoms with Gasteiger partial charge in [-0.3, -0.25) is 0 Å². The lowest BCUT2D eigenvalue weighted by molar-refractivity contribution is -0.264. The number of aromatic nitrogens is 3. The molecule has 3 heterocycles. The molecule has 0 spiro atoms. The number of nitrogens with two attached hydrogens (primary N) is 1. The zero-order chi connectivity index (χ0) is 27.3. The van der Waals surface area contributed by atoms with E-state index in [2.05, 4.69) is 10.1 Å². The molecule has 1 aliphatic heterocycles. The van der Waals surface area contributed by atoms with Crippen LogP contribution < -0.4 is 11.1 Å². The first-order valence-electron chi connectivity index (χ1n) is 10.9. The molecular weight excluding hydrogens is 496 g/mol. The molecule has 0 saturated carbocycles. The van der Waals surface area contributed by atoms with Crippen molar-refractivity contribution in [3.63, 3.8) is 0 Å². The van der Waals surface area contributed by atoms with Crippen molar-refractivity contribution < 1.29 is 40.6 Å². The summed E-state index contributed by atoms with van der Waals surface area (Å²) in [7, 11) is 3.94. The highest BCUT2D eigenvalue weighted by molar-refractivity contribution is 6.42. The third-order valence-electron chi connectivity index (χ3n) is 6.21. The lowest BCUT2D eigenvalue weighted by Gasteiger charge is -2.40. The molecule has 2 aromatic rings. The molecule has 3 atom stereocenters. The fourth-order valence-corrected chi connectivity index (χ4v) is 4.01. The average molecular weight is 522 g/mol. The van der Waals surface area contributed by atoms with Crippen LogP contribution in [0.2, 0.25) is 0 Å². The van der Waals surface area contributed by atoms with Crippen LogP contribution in [-0.4, -0.2) is 90.9 Å². The summed E-state index contributed by atoms with van der Waals surface area (Å²) in [5.74, 6) is 0. The summed E-state index contributed by atoms with van der Waals surface area (Å²) in [5.41, 5.74) is 4.32. The number of carbonyl (C=O) groups excluding carboxylic acids is 1. The second kappa shape index (κ2) is 9.41. The number of alkyl halides is 6. The van der Waals surface area contributed by atoms with E-state index in [0.29, 0.717) is 5.56 Å². The number of amides is 2. The number of nitrogens with zero attached hydrogens (tertiary/aromatic N) is 4. The van der Waals surface area contributed by atoms with Crippen molar-refractivity contribution in [2.75, 3.05) is 20.3 Å². The third-order valence-corrected chi connectivity index (χ3v) is 6.21. The molecule has 3 rings (SSSR count). The van der Waals surface area contributed by atoms with Gasteiger partial charge in [0.25, 0.3) is 0 Å². The zero-order valence-corrected chi connectivity index (χ0v) is 20.2. The highest BCUT2D eigenvalue weighted by Gasteiger charge is 2.59. The summed E-state index contributed by atoms with van der Waals surface area (Å²) in [6.07, 6.45) is -6.52. The quantitative estimate of drug-likeness (QED) is 0.390. The summed E-state index contributed by atoms with van der Waals surface area (Å²) in [4.78, 5) is 18.0. The Balaban J connectivity index is 1.89. The van der Waals surface area contributed by atoms with Gasteiger partial charge < -0.3 is 25.4 Å². The zero-order valence-electron chi connectivity index (χ0n) is 20.2. The van der Waals surface area contributed by atoms with Gasteiger partial charge in [0.1, 0.15) is 21.7 Å². The Morgan fingerprint density at radius 1 is 1.22 bits per heavy atom. The normalized spacial score (nSPS) is 20.6. The van der Waals surface area contributed by atoms with Gasteiger partial charge in [0.15, 0.2) is 11.2 Å². The summed E-state index contributed by atoms with van der Waals surface area (Å²) in [6, 6.07) is -3.48. The lowest BCUT2D eigenvalue weighted by Crippen LogP contribution is -2.59. The van der Waals surface area contributed by atoms with Crippen LogP contribution in [0.5, 0.6) is 0 Å². The Kier molecular flexibility index (Phi) is 7.34. The molecule has 198 valence electrons. The molecule has 36 heavy (non-hydrogen) atoms. The van der Waals surface area contributed by atoms with Gasteiger partial charge in [0.2, 0.25) is 0 Å². The maximum absolute atomic E-state index is 13.6. The standard InChI is InChI=1S/C19H26B2F6N6O3/c1-16(2,19(25,26)27)36-7-10(28)11-6-32-13(30-11)4-9(5-29-32)12(8-35-3)33-15(34)31-14(17(33,20)21)18(22,23)24/h4-6,10,12,14H,7-8,20-21,28H2,1-3H3,(H,31,34)/t10-,12+,14?/m0/s1. The first kappa shape index (κ1) is 28.1. The summed E-state index contributed by atoms with van der Waals surface area (Å²) >= 11 is 0. The molecule has 1 saturated heterocycles. The second-order valence-electron chi connectivity index (χ2n) is 9.60. The minimum Gasteiger partial charge on any atom is -0.382 e. The number of ether oxygens (including phenoxy) is 2. The van der Waals surface area contributed by atoms with E-state index in [4.69, 9.17) is 15.2 Å². The van der Waals surface area contributed by atoms with Crippen molar-refractivity contribution in [1.29, 1.82) is 0 Å². The number of fused-ring (bicyclic) bond motifs is 1. The molecule has 1 aliphatic rings. The molecule has 0 bridgehead atoms. The van der Waals surface area contributed by atoms with Crippen LogP contribution in [0.15, 0.2) is 18.5 Å². The number of methoxy groups -OCH3 is 1. The van der Waals surface area contributed by atoms with Gasteiger partial charge in [-0.25, -0.2) is 14.3 Å². The third kappa shape index (κ3) is 5.27. The largest absolute Gasteiger partial charge is 0.416 e. The van der Waals surface area contributed by atoms with Crippen molar-refractivity contribution in [2.45, 2.75) is 55.3 Å². The number of hydrogen-bond donors (Lipinski definition) is 2. The number of rotatable bonds is 8. The van der Waals surface area contributed by atoms with Crippen molar-refractivity contribution in [3.05, 3.63) is 29.7 Å². The van der Waals surface area contributed by atoms with Crippen LogP contribution in [0.1, 0.15) is 37.2 Å². The van der Waals surface area contributed by atoms with E-state index >= 15 is 0 Å². The van der Waals surface area contributed by atoms with Gasteiger partial charge in [-0.2, -0.15) is 31.4 Å². The molecule has 0 aliphatic carbocycles. The molecule has 9 nitrogen and oxygen atoms in total. The fraction of sp³-hybridized carbons (Fsp3) is 0.632. The Bertz CT molecular complexity index is 1110. The predicted molar refractivity (Wildman–Crippen MR) is 121 cm³/mol. The van der Waals surface area contributed by atoms with Gasteiger partial charge >= 0.3 is 18.4 Å². The fourth-order valence-electron chi connectivity index (χ4n) is 4.01. The number of imidazole rings is 1. The number of carbonyl (C=O) groups is 1. The van der Waals surface area contributed by atoms with Gasteiger partial charge in [0.05, 0.1) is 43.4 Å². The smallest absolute Gasteiger partial charge is 0.382 e. The lowest BCUT2D eigenvalue weighted by atomic mass is 9.56. The highest BCUT2D eigenvalue weighted by atomic mass is 19.4. The van der Waals surface area contributed by atoms with Crippen LogP contribution in [-0.2, 0) is 9.47 Å². The Labute approximate surface area is 204 Å². The van der Waals surface area contributed by atoms with Crippen LogP contribution in [0.4, 0.5) is 31.1 Å². The van der Waals surface area contributed by atoms with Gasteiger partial charge in [0, 0.05) is 18.0 Å². The van der Waals surface area contributed by atoms with Gasteiger partial charge in [-0.15, -0.1) is 0 Å². The van der Waals surface area contributed by atoms with Crippen molar-refractivity contribution in [3.8, 4) is 0 Å². The molecule has 0 radical (unpaired) electrons. The molecule has 17 heteroatoms. The molecular formula is C19H26B2F6N6O3. The second-order valence-corrected chi connectivity index (χ2v) is 9.60. The van der Waals surface area contributed by atoms with Crippen molar-refractivity contribution >= 4 is 27.4 Å².